The van der Waals surface area contributed by atoms with Crippen molar-refractivity contribution in [2.24, 2.45) is 14.1 Å². The first-order valence-corrected chi connectivity index (χ1v) is 5.17. The fraction of sp³-hybridized carbons (Fsp3) is 0.500. The molecule has 0 aromatic carbocycles. The topological polar surface area (TPSA) is 71.1 Å². The van der Waals surface area contributed by atoms with Crippen molar-refractivity contribution >= 4 is 11.2 Å². The summed E-state index contributed by atoms with van der Waals surface area (Å²) < 4.78 is 9.17. The number of aromatic nitrogens is 4. The highest BCUT2D eigenvalue weighted by Crippen LogP contribution is 2.05. The van der Waals surface area contributed by atoms with Crippen molar-refractivity contribution in [3.63, 3.8) is 0 Å². The second-order valence-electron chi connectivity index (χ2n) is 3.81. The summed E-state index contributed by atoms with van der Waals surface area (Å²) in [5.41, 5.74) is 0.0850. The molecule has 0 amide bonds. The number of imidazole rings is 1. The third-order valence-corrected chi connectivity index (χ3v) is 2.75. The molecular weight excluding hydrogens is 224 g/mol. The van der Waals surface area contributed by atoms with Gasteiger partial charge in [0.25, 0.3) is 5.56 Å². The molecule has 0 aliphatic carbocycles. The van der Waals surface area contributed by atoms with Gasteiger partial charge in [0.2, 0.25) is 0 Å². The number of aryl methyl sites for hydroxylation is 1. The van der Waals surface area contributed by atoms with Crippen LogP contribution in [0.1, 0.15) is 0 Å². The van der Waals surface area contributed by atoms with E-state index in [0.717, 1.165) is 4.57 Å². The predicted molar refractivity (Wildman–Crippen MR) is 62.1 cm³/mol. The van der Waals surface area contributed by atoms with Crippen LogP contribution in [0.3, 0.4) is 0 Å². The first kappa shape index (κ1) is 11.6. The Labute approximate surface area is 96.9 Å². The van der Waals surface area contributed by atoms with Gasteiger partial charge in [-0.05, 0) is 0 Å². The van der Waals surface area contributed by atoms with E-state index in [-0.39, 0.29) is 11.2 Å². The Kier molecular flexibility index (Phi) is 2.84. The molecule has 2 heterocycles. The monoisotopic (exact) mass is 238 g/mol. The van der Waals surface area contributed by atoms with Crippen molar-refractivity contribution < 1.29 is 4.74 Å². The van der Waals surface area contributed by atoms with Crippen LogP contribution in [0.4, 0.5) is 0 Å². The summed E-state index contributed by atoms with van der Waals surface area (Å²) in [5.74, 6) is 0. The van der Waals surface area contributed by atoms with Crippen molar-refractivity contribution in [3.05, 3.63) is 27.2 Å². The largest absolute Gasteiger partial charge is 0.383 e. The molecule has 0 saturated carbocycles. The summed E-state index contributed by atoms with van der Waals surface area (Å²) in [6, 6.07) is 0. The molecule has 7 nitrogen and oxygen atoms in total. The van der Waals surface area contributed by atoms with Crippen molar-refractivity contribution in [2.75, 3.05) is 13.7 Å². The average molecular weight is 238 g/mol. The fourth-order valence-electron chi connectivity index (χ4n) is 1.79. The standard InChI is InChI=1S/C10H14N4O3/c1-12-8-7(9(15)13(2)10(12)16)11-6-14(8)4-5-17-3/h6H,4-5H2,1-3H3. The van der Waals surface area contributed by atoms with Gasteiger partial charge >= 0.3 is 5.69 Å². The van der Waals surface area contributed by atoms with Gasteiger partial charge in [0.1, 0.15) is 5.65 Å². The van der Waals surface area contributed by atoms with E-state index in [0.29, 0.717) is 24.3 Å². The molecule has 0 saturated heterocycles. The molecule has 0 bridgehead atoms. The van der Waals surface area contributed by atoms with Gasteiger partial charge in [-0.25, -0.2) is 9.78 Å². The maximum absolute atomic E-state index is 11.8. The molecule has 0 spiro atoms. The summed E-state index contributed by atoms with van der Waals surface area (Å²) >= 11 is 0. The smallest absolute Gasteiger partial charge is 0.332 e. The molecule has 0 atom stereocenters. The lowest BCUT2D eigenvalue weighted by Crippen LogP contribution is -2.37. The van der Waals surface area contributed by atoms with Crippen LogP contribution in [0.25, 0.3) is 11.2 Å². The molecule has 7 heteroatoms. The maximum atomic E-state index is 11.8. The molecular formula is C10H14N4O3. The molecule has 2 aromatic rings. The van der Waals surface area contributed by atoms with Crippen LogP contribution < -0.4 is 11.2 Å². The van der Waals surface area contributed by atoms with E-state index in [1.54, 1.807) is 25.1 Å². The van der Waals surface area contributed by atoms with E-state index in [4.69, 9.17) is 4.74 Å². The number of nitrogens with zero attached hydrogens (tertiary/aromatic N) is 4. The molecule has 0 fully saturated rings. The molecule has 17 heavy (non-hydrogen) atoms. The van der Waals surface area contributed by atoms with Crippen LogP contribution in [-0.4, -0.2) is 32.4 Å². The average Bonchev–Trinajstić information content (AvgIpc) is 2.75. The van der Waals surface area contributed by atoms with Crippen molar-refractivity contribution in [2.45, 2.75) is 6.54 Å². The molecule has 0 aliphatic rings. The van der Waals surface area contributed by atoms with E-state index < -0.39 is 0 Å². The van der Waals surface area contributed by atoms with Gasteiger partial charge in [0.05, 0.1) is 12.9 Å². The summed E-state index contributed by atoms with van der Waals surface area (Å²) in [6.45, 7) is 1.04. The zero-order valence-electron chi connectivity index (χ0n) is 10.0. The SMILES string of the molecule is COCCn1cnc2c(=O)n(C)c(=O)n(C)c21. The molecule has 2 rings (SSSR count). The first-order chi connectivity index (χ1) is 8.07. The predicted octanol–water partition coefficient (Wildman–Crippen LogP) is -0.920. The minimum Gasteiger partial charge on any atom is -0.383 e. The van der Waals surface area contributed by atoms with Gasteiger partial charge in [0.15, 0.2) is 5.52 Å². The van der Waals surface area contributed by atoms with Gasteiger partial charge in [0, 0.05) is 27.7 Å². The van der Waals surface area contributed by atoms with Gasteiger partial charge in [-0.3, -0.25) is 13.9 Å². The van der Waals surface area contributed by atoms with Gasteiger partial charge in [-0.2, -0.15) is 0 Å². The van der Waals surface area contributed by atoms with E-state index in [9.17, 15) is 9.59 Å². The molecule has 0 aliphatic heterocycles. The quantitative estimate of drug-likeness (QED) is 0.693. The van der Waals surface area contributed by atoms with Crippen molar-refractivity contribution in [1.82, 2.24) is 18.7 Å². The van der Waals surface area contributed by atoms with E-state index in [1.165, 1.54) is 11.6 Å². The number of fused-ring (bicyclic) bond motifs is 1. The normalized spacial score (nSPS) is 11.2. The summed E-state index contributed by atoms with van der Waals surface area (Å²) in [7, 11) is 4.66. The van der Waals surface area contributed by atoms with Crippen LogP contribution in [-0.2, 0) is 25.4 Å². The van der Waals surface area contributed by atoms with Crippen molar-refractivity contribution in [3.8, 4) is 0 Å². The number of hydrogen-bond donors (Lipinski definition) is 0. The van der Waals surface area contributed by atoms with Gasteiger partial charge in [-0.15, -0.1) is 0 Å². The highest BCUT2D eigenvalue weighted by molar-refractivity contribution is 5.69. The third kappa shape index (κ3) is 1.68. The van der Waals surface area contributed by atoms with E-state index >= 15 is 0 Å². The lowest BCUT2D eigenvalue weighted by Gasteiger charge is -2.07. The fourth-order valence-corrected chi connectivity index (χ4v) is 1.79. The molecule has 0 N–H and O–H groups in total. The maximum Gasteiger partial charge on any atom is 0.332 e. The summed E-state index contributed by atoms with van der Waals surface area (Å²) in [4.78, 5) is 27.7. The number of ether oxygens (including phenoxy) is 1. The van der Waals surface area contributed by atoms with Gasteiger partial charge < -0.3 is 9.30 Å². The Morgan fingerprint density at radius 1 is 1.29 bits per heavy atom. The molecule has 92 valence electrons. The summed E-state index contributed by atoms with van der Waals surface area (Å²) in [6.07, 6.45) is 1.55. The lowest BCUT2D eigenvalue weighted by atomic mass is 10.5. The highest BCUT2D eigenvalue weighted by Gasteiger charge is 2.13. The lowest BCUT2D eigenvalue weighted by molar-refractivity contribution is 0.188. The second kappa shape index (κ2) is 4.17. The van der Waals surface area contributed by atoms with Crippen molar-refractivity contribution in [1.29, 1.82) is 0 Å². The highest BCUT2D eigenvalue weighted by atomic mass is 16.5. The molecule has 0 radical (unpaired) electrons. The Morgan fingerprint density at radius 3 is 2.65 bits per heavy atom. The zero-order chi connectivity index (χ0) is 12.6. The number of methoxy groups -OCH3 is 1. The Balaban J connectivity index is 2.77. The van der Waals surface area contributed by atoms with Crippen LogP contribution in [0.2, 0.25) is 0 Å². The Hall–Kier alpha value is -1.89. The van der Waals surface area contributed by atoms with Crippen LogP contribution in [0.5, 0.6) is 0 Å². The Bertz CT molecular complexity index is 664. The summed E-state index contributed by atoms with van der Waals surface area (Å²) in [5, 5.41) is 0. The minimum atomic E-state index is -0.376. The Morgan fingerprint density at radius 2 is 2.00 bits per heavy atom. The first-order valence-electron chi connectivity index (χ1n) is 5.17. The number of hydrogen-bond acceptors (Lipinski definition) is 4. The van der Waals surface area contributed by atoms with E-state index in [2.05, 4.69) is 4.98 Å². The molecule has 2 aromatic heterocycles. The third-order valence-electron chi connectivity index (χ3n) is 2.75. The van der Waals surface area contributed by atoms with Crippen LogP contribution in [0.15, 0.2) is 15.9 Å². The zero-order valence-corrected chi connectivity index (χ0v) is 10.0. The van der Waals surface area contributed by atoms with E-state index in [1.807, 2.05) is 0 Å². The van der Waals surface area contributed by atoms with Crippen LogP contribution in [0, 0.1) is 0 Å². The van der Waals surface area contributed by atoms with Crippen LogP contribution >= 0.6 is 0 Å². The minimum absolute atomic E-state index is 0.297. The number of rotatable bonds is 3. The van der Waals surface area contributed by atoms with Gasteiger partial charge in [-0.1, -0.05) is 0 Å². The molecule has 0 unspecified atom stereocenters. The second-order valence-corrected chi connectivity index (χ2v) is 3.81.